The SMILES string of the molecule is COc1nc(Br)cn2ncnc12. The first-order valence-corrected chi connectivity index (χ1v) is 4.00. The normalized spacial score (nSPS) is 10.5. The van der Waals surface area contributed by atoms with Crippen LogP contribution < -0.4 is 4.74 Å². The van der Waals surface area contributed by atoms with Crippen molar-refractivity contribution in [2.24, 2.45) is 0 Å². The Hall–Kier alpha value is -1.17. The third-order valence-corrected chi connectivity index (χ3v) is 1.78. The quantitative estimate of drug-likeness (QED) is 0.728. The lowest BCUT2D eigenvalue weighted by Crippen LogP contribution is -1.95. The lowest BCUT2D eigenvalue weighted by Gasteiger charge is -1.99. The van der Waals surface area contributed by atoms with E-state index in [1.54, 1.807) is 17.8 Å². The van der Waals surface area contributed by atoms with Gasteiger partial charge in [-0.3, -0.25) is 0 Å². The minimum atomic E-state index is 0.460. The number of ether oxygens (including phenoxy) is 1. The number of fused-ring (bicyclic) bond motifs is 1. The number of aromatic nitrogens is 4. The number of methoxy groups -OCH3 is 1. The van der Waals surface area contributed by atoms with E-state index in [0.29, 0.717) is 16.1 Å². The topological polar surface area (TPSA) is 52.3 Å². The Balaban J connectivity index is 2.80. The van der Waals surface area contributed by atoms with Crippen molar-refractivity contribution in [3.8, 4) is 5.88 Å². The van der Waals surface area contributed by atoms with E-state index in [2.05, 4.69) is 31.0 Å². The molecule has 0 aliphatic rings. The number of halogens is 1. The van der Waals surface area contributed by atoms with Crippen molar-refractivity contribution in [1.82, 2.24) is 19.6 Å². The molecule has 0 unspecified atom stereocenters. The van der Waals surface area contributed by atoms with Gasteiger partial charge in [0.15, 0.2) is 0 Å². The molecule has 5 nitrogen and oxygen atoms in total. The molecule has 12 heavy (non-hydrogen) atoms. The Labute approximate surface area is 76.5 Å². The van der Waals surface area contributed by atoms with Gasteiger partial charge in [-0.1, -0.05) is 0 Å². The summed E-state index contributed by atoms with van der Waals surface area (Å²) in [5.74, 6) is 0.460. The van der Waals surface area contributed by atoms with Crippen molar-refractivity contribution in [1.29, 1.82) is 0 Å². The summed E-state index contributed by atoms with van der Waals surface area (Å²) in [7, 11) is 1.55. The smallest absolute Gasteiger partial charge is 0.260 e. The zero-order chi connectivity index (χ0) is 8.55. The highest BCUT2D eigenvalue weighted by atomic mass is 79.9. The average molecular weight is 229 g/mol. The van der Waals surface area contributed by atoms with Crippen LogP contribution in [-0.4, -0.2) is 26.7 Å². The highest BCUT2D eigenvalue weighted by Crippen LogP contribution is 2.16. The molecule has 62 valence electrons. The van der Waals surface area contributed by atoms with Gasteiger partial charge in [0.25, 0.3) is 5.88 Å². The molecule has 0 saturated carbocycles. The molecular formula is C6H5BrN4O. The summed E-state index contributed by atoms with van der Waals surface area (Å²) in [6.45, 7) is 0. The van der Waals surface area contributed by atoms with Gasteiger partial charge in [-0.25, -0.2) is 14.5 Å². The molecule has 0 bridgehead atoms. The zero-order valence-corrected chi connectivity index (χ0v) is 7.82. The molecule has 0 spiro atoms. The highest BCUT2D eigenvalue weighted by molar-refractivity contribution is 9.10. The van der Waals surface area contributed by atoms with E-state index in [-0.39, 0.29) is 0 Å². The number of hydrogen-bond donors (Lipinski definition) is 0. The van der Waals surface area contributed by atoms with E-state index >= 15 is 0 Å². The molecule has 0 atom stereocenters. The van der Waals surface area contributed by atoms with E-state index in [0.717, 1.165) is 0 Å². The van der Waals surface area contributed by atoms with Crippen LogP contribution >= 0.6 is 15.9 Å². The van der Waals surface area contributed by atoms with Crippen molar-refractivity contribution >= 4 is 21.6 Å². The predicted molar refractivity (Wildman–Crippen MR) is 45.0 cm³/mol. The van der Waals surface area contributed by atoms with Crippen LogP contribution in [0.4, 0.5) is 0 Å². The van der Waals surface area contributed by atoms with Crippen LogP contribution in [0.15, 0.2) is 17.1 Å². The maximum absolute atomic E-state index is 5.00. The molecule has 0 saturated heterocycles. The van der Waals surface area contributed by atoms with Crippen molar-refractivity contribution < 1.29 is 4.74 Å². The molecule has 2 aromatic rings. The van der Waals surface area contributed by atoms with Crippen molar-refractivity contribution in [3.63, 3.8) is 0 Å². The molecule has 6 heteroatoms. The maximum Gasteiger partial charge on any atom is 0.260 e. The Bertz CT molecular complexity index is 413. The lowest BCUT2D eigenvalue weighted by molar-refractivity contribution is 0.398. The molecule has 2 heterocycles. The number of nitrogens with zero attached hydrogens (tertiary/aromatic N) is 4. The minimum Gasteiger partial charge on any atom is -0.478 e. The van der Waals surface area contributed by atoms with E-state index in [9.17, 15) is 0 Å². The van der Waals surface area contributed by atoms with Crippen LogP contribution in [0.2, 0.25) is 0 Å². The molecule has 2 aromatic heterocycles. The molecular weight excluding hydrogens is 224 g/mol. The van der Waals surface area contributed by atoms with Crippen LogP contribution in [0.1, 0.15) is 0 Å². The lowest BCUT2D eigenvalue weighted by atomic mass is 10.7. The molecule has 0 fully saturated rings. The highest BCUT2D eigenvalue weighted by Gasteiger charge is 2.05. The summed E-state index contributed by atoms with van der Waals surface area (Å²) < 4.78 is 7.26. The van der Waals surface area contributed by atoms with Crippen LogP contribution in [0.3, 0.4) is 0 Å². The van der Waals surface area contributed by atoms with Crippen LogP contribution in [-0.2, 0) is 0 Å². The third kappa shape index (κ3) is 1.04. The fourth-order valence-electron chi connectivity index (χ4n) is 0.911. The summed E-state index contributed by atoms with van der Waals surface area (Å²) in [5, 5.41) is 3.94. The van der Waals surface area contributed by atoms with E-state index in [4.69, 9.17) is 4.74 Å². The van der Waals surface area contributed by atoms with Crippen LogP contribution in [0, 0.1) is 0 Å². The Morgan fingerprint density at radius 3 is 3.17 bits per heavy atom. The van der Waals surface area contributed by atoms with Gasteiger partial charge in [-0.15, -0.1) is 0 Å². The molecule has 0 amide bonds. The molecule has 0 aromatic carbocycles. The van der Waals surface area contributed by atoms with Gasteiger partial charge in [-0.2, -0.15) is 5.10 Å². The Kier molecular flexibility index (Phi) is 1.69. The first-order valence-electron chi connectivity index (χ1n) is 3.21. The molecule has 0 aliphatic heterocycles. The maximum atomic E-state index is 5.00. The van der Waals surface area contributed by atoms with Gasteiger partial charge in [0.1, 0.15) is 10.9 Å². The van der Waals surface area contributed by atoms with Gasteiger partial charge in [0.05, 0.1) is 13.3 Å². The predicted octanol–water partition coefficient (Wildman–Crippen LogP) is 0.895. The van der Waals surface area contributed by atoms with Crippen LogP contribution in [0.25, 0.3) is 5.65 Å². The standard InChI is InChI=1S/C6H5BrN4O/c1-12-6-5-8-3-9-11(5)2-4(7)10-6/h2-3H,1H3. The second kappa shape index (κ2) is 2.71. The number of hydrogen-bond acceptors (Lipinski definition) is 4. The van der Waals surface area contributed by atoms with Gasteiger partial charge >= 0.3 is 0 Å². The molecule has 0 radical (unpaired) electrons. The summed E-state index contributed by atoms with van der Waals surface area (Å²) in [6, 6.07) is 0. The summed E-state index contributed by atoms with van der Waals surface area (Å²) in [5.41, 5.74) is 0.612. The van der Waals surface area contributed by atoms with Crippen molar-refractivity contribution in [3.05, 3.63) is 17.1 Å². The van der Waals surface area contributed by atoms with Gasteiger partial charge < -0.3 is 4.74 Å². The third-order valence-electron chi connectivity index (χ3n) is 1.39. The fraction of sp³-hybridized carbons (Fsp3) is 0.167. The van der Waals surface area contributed by atoms with Crippen molar-refractivity contribution in [2.45, 2.75) is 0 Å². The first kappa shape index (κ1) is 7.48. The van der Waals surface area contributed by atoms with Gasteiger partial charge in [-0.05, 0) is 15.9 Å². The minimum absolute atomic E-state index is 0.460. The molecule has 2 rings (SSSR count). The monoisotopic (exact) mass is 228 g/mol. The average Bonchev–Trinajstić information content (AvgIpc) is 2.50. The van der Waals surface area contributed by atoms with E-state index in [1.165, 1.54) is 6.33 Å². The van der Waals surface area contributed by atoms with E-state index < -0.39 is 0 Å². The molecule has 0 aliphatic carbocycles. The van der Waals surface area contributed by atoms with Crippen LogP contribution in [0.5, 0.6) is 5.88 Å². The van der Waals surface area contributed by atoms with Gasteiger partial charge in [0.2, 0.25) is 5.65 Å². The van der Waals surface area contributed by atoms with Crippen molar-refractivity contribution in [2.75, 3.05) is 7.11 Å². The second-order valence-corrected chi connectivity index (χ2v) is 2.91. The summed E-state index contributed by atoms with van der Waals surface area (Å²) in [6.07, 6.45) is 3.16. The zero-order valence-electron chi connectivity index (χ0n) is 6.23. The molecule has 0 N–H and O–H groups in total. The fourth-order valence-corrected chi connectivity index (χ4v) is 1.27. The van der Waals surface area contributed by atoms with E-state index in [1.807, 2.05) is 0 Å². The van der Waals surface area contributed by atoms with Gasteiger partial charge in [0, 0.05) is 0 Å². The Morgan fingerprint density at radius 1 is 1.58 bits per heavy atom. The largest absolute Gasteiger partial charge is 0.478 e. The summed E-state index contributed by atoms with van der Waals surface area (Å²) >= 11 is 3.23. The Morgan fingerprint density at radius 2 is 2.42 bits per heavy atom. The second-order valence-electron chi connectivity index (χ2n) is 2.10. The number of rotatable bonds is 1. The summed E-state index contributed by atoms with van der Waals surface area (Å²) in [4.78, 5) is 8.04. The first-order chi connectivity index (χ1) is 5.81.